The summed E-state index contributed by atoms with van der Waals surface area (Å²) in [5.74, 6) is -0.763. The van der Waals surface area contributed by atoms with Gasteiger partial charge in [0.05, 0.1) is 18.7 Å². The topological polar surface area (TPSA) is 88.1 Å². The van der Waals surface area contributed by atoms with Crippen molar-refractivity contribution in [3.63, 3.8) is 0 Å². The van der Waals surface area contributed by atoms with Gasteiger partial charge in [0.1, 0.15) is 30.0 Å². The van der Waals surface area contributed by atoms with Crippen molar-refractivity contribution < 1.29 is 28.6 Å². The summed E-state index contributed by atoms with van der Waals surface area (Å²) >= 11 is 0. The van der Waals surface area contributed by atoms with E-state index in [1.54, 1.807) is 24.3 Å². The molecule has 7 nitrogen and oxygen atoms in total. The molecule has 1 heterocycles. The van der Waals surface area contributed by atoms with Crippen LogP contribution in [0.1, 0.15) is 15.9 Å². The van der Waals surface area contributed by atoms with Crippen LogP contribution in [0.5, 0.6) is 11.5 Å². The number of likely N-dealkylation sites (N-methyl/N-ethyl adjacent to an activating group) is 1. The van der Waals surface area contributed by atoms with E-state index in [0.717, 1.165) is 17.5 Å². The van der Waals surface area contributed by atoms with E-state index in [2.05, 4.69) is 10.2 Å². The largest absolute Gasteiger partial charge is 0.490 e. The number of fused-ring (bicyclic) bond motifs is 1. The Balaban J connectivity index is 1.34. The van der Waals surface area contributed by atoms with Crippen LogP contribution < -0.4 is 19.7 Å². The molecule has 8 heteroatoms. The van der Waals surface area contributed by atoms with Crippen LogP contribution in [0.3, 0.4) is 0 Å². The summed E-state index contributed by atoms with van der Waals surface area (Å²) in [5, 5.41) is 11.5. The molecule has 3 aromatic carbocycles. The molecule has 0 radical (unpaired) electrons. The second-order valence-electron chi connectivity index (χ2n) is 7.75. The van der Waals surface area contributed by atoms with Crippen molar-refractivity contribution in [1.82, 2.24) is 0 Å². The van der Waals surface area contributed by atoms with Gasteiger partial charge < -0.3 is 24.8 Å². The normalized spacial score (nSPS) is 14.7. The monoisotopic (exact) mass is 450 g/mol. The smallest absolute Gasteiger partial charge is 0.307 e. The highest BCUT2D eigenvalue weighted by molar-refractivity contribution is 6.04. The fourth-order valence-corrected chi connectivity index (χ4v) is 3.63. The van der Waals surface area contributed by atoms with Crippen molar-refractivity contribution in [1.29, 1.82) is 0 Å². The molecule has 1 aliphatic heterocycles. The molecule has 0 aromatic heterocycles. The third-order valence-electron chi connectivity index (χ3n) is 5.25. The number of ether oxygens (including phenoxy) is 2. The molecule has 0 saturated heterocycles. The molecule has 2 N–H and O–H groups in total. The summed E-state index contributed by atoms with van der Waals surface area (Å²) in [4.78, 5) is 25.5. The Kier molecular flexibility index (Phi) is 6.44. The van der Waals surface area contributed by atoms with E-state index in [1.807, 2.05) is 31.3 Å². The molecule has 4 rings (SSSR count). The molecule has 0 saturated carbocycles. The molecule has 0 bridgehead atoms. The van der Waals surface area contributed by atoms with Crippen molar-refractivity contribution in [3.8, 4) is 11.5 Å². The SMILES string of the molecule is CN1C[C@@H](COc2ccc(C(=O)Nc3ccc(F)c(CC(=O)O)c3)cc2)Oc2ccccc21. The first-order chi connectivity index (χ1) is 15.9. The van der Waals surface area contributed by atoms with E-state index in [0.29, 0.717) is 30.2 Å². The van der Waals surface area contributed by atoms with Crippen LogP contribution in [0.15, 0.2) is 66.7 Å². The van der Waals surface area contributed by atoms with Gasteiger partial charge >= 0.3 is 5.97 Å². The molecule has 1 aliphatic rings. The van der Waals surface area contributed by atoms with Gasteiger partial charge in [0, 0.05) is 23.9 Å². The van der Waals surface area contributed by atoms with E-state index in [-0.39, 0.29) is 11.7 Å². The first-order valence-electron chi connectivity index (χ1n) is 10.4. The lowest BCUT2D eigenvalue weighted by Gasteiger charge is -2.33. The maximum absolute atomic E-state index is 13.7. The lowest BCUT2D eigenvalue weighted by molar-refractivity contribution is -0.136. The molecular weight excluding hydrogens is 427 g/mol. The van der Waals surface area contributed by atoms with Crippen molar-refractivity contribution in [2.75, 3.05) is 30.4 Å². The van der Waals surface area contributed by atoms with Crippen LogP contribution in [0, 0.1) is 5.82 Å². The zero-order valence-electron chi connectivity index (χ0n) is 18.0. The zero-order chi connectivity index (χ0) is 23.4. The van der Waals surface area contributed by atoms with Gasteiger partial charge in [0.25, 0.3) is 5.91 Å². The average molecular weight is 450 g/mol. The van der Waals surface area contributed by atoms with Crippen molar-refractivity contribution in [3.05, 3.63) is 83.7 Å². The number of anilines is 2. The number of nitrogens with zero attached hydrogens (tertiary/aromatic N) is 1. The van der Waals surface area contributed by atoms with Gasteiger partial charge in [-0.15, -0.1) is 0 Å². The van der Waals surface area contributed by atoms with Crippen LogP contribution in [0.2, 0.25) is 0 Å². The number of carbonyl (C=O) groups is 2. The molecule has 170 valence electrons. The third-order valence-corrected chi connectivity index (χ3v) is 5.25. The number of aliphatic carboxylic acids is 1. The second kappa shape index (κ2) is 9.60. The Bertz CT molecular complexity index is 1170. The number of rotatable bonds is 7. The van der Waals surface area contributed by atoms with E-state index < -0.39 is 24.1 Å². The third kappa shape index (κ3) is 5.41. The Morgan fingerprint density at radius 3 is 2.67 bits per heavy atom. The summed E-state index contributed by atoms with van der Waals surface area (Å²) in [6.45, 7) is 1.05. The predicted octanol–water partition coefficient (Wildman–Crippen LogP) is 3.98. The zero-order valence-corrected chi connectivity index (χ0v) is 18.0. The highest BCUT2D eigenvalue weighted by Crippen LogP contribution is 2.32. The highest BCUT2D eigenvalue weighted by Gasteiger charge is 2.23. The first kappa shape index (κ1) is 22.1. The second-order valence-corrected chi connectivity index (χ2v) is 7.75. The number of hydrogen-bond donors (Lipinski definition) is 2. The summed E-state index contributed by atoms with van der Waals surface area (Å²) in [6.07, 6.45) is -0.598. The Morgan fingerprint density at radius 2 is 1.91 bits per heavy atom. The minimum atomic E-state index is -1.15. The fraction of sp³-hybridized carbons (Fsp3) is 0.200. The quantitative estimate of drug-likeness (QED) is 0.566. The van der Waals surface area contributed by atoms with Crippen LogP contribution in [0.4, 0.5) is 15.8 Å². The predicted molar refractivity (Wildman–Crippen MR) is 122 cm³/mol. The number of carboxylic acid groups (broad SMARTS) is 1. The maximum atomic E-state index is 13.7. The van der Waals surface area contributed by atoms with Crippen LogP contribution >= 0.6 is 0 Å². The number of carboxylic acids is 1. The van der Waals surface area contributed by atoms with Crippen molar-refractivity contribution in [2.24, 2.45) is 0 Å². The van der Waals surface area contributed by atoms with Gasteiger partial charge in [0.2, 0.25) is 0 Å². The molecule has 33 heavy (non-hydrogen) atoms. The fourth-order valence-electron chi connectivity index (χ4n) is 3.63. The van der Waals surface area contributed by atoms with Gasteiger partial charge in [0.15, 0.2) is 0 Å². The molecule has 1 amide bonds. The van der Waals surface area contributed by atoms with Gasteiger partial charge in [-0.05, 0) is 54.6 Å². The van der Waals surface area contributed by atoms with Crippen LogP contribution in [-0.2, 0) is 11.2 Å². The lowest BCUT2D eigenvalue weighted by Crippen LogP contribution is -2.41. The Morgan fingerprint density at radius 1 is 1.15 bits per heavy atom. The molecule has 1 atom stereocenters. The number of carbonyl (C=O) groups excluding carboxylic acids is 1. The number of amides is 1. The van der Waals surface area contributed by atoms with Crippen molar-refractivity contribution >= 4 is 23.3 Å². The Hall–Kier alpha value is -4.07. The van der Waals surface area contributed by atoms with Gasteiger partial charge in [-0.3, -0.25) is 9.59 Å². The van der Waals surface area contributed by atoms with E-state index in [1.165, 1.54) is 12.1 Å². The molecule has 0 unspecified atom stereocenters. The standard InChI is InChI=1S/C25H23FN2O5/c1-28-14-20(33-23-5-3-2-4-22(23)28)15-32-19-9-6-16(7-10-19)25(31)27-18-8-11-21(26)17(12-18)13-24(29)30/h2-12,20H,13-15H2,1H3,(H,27,31)(H,29,30)/t20-/m0/s1. The molecule has 0 fully saturated rings. The number of halogens is 1. The first-order valence-corrected chi connectivity index (χ1v) is 10.4. The lowest BCUT2D eigenvalue weighted by atomic mass is 10.1. The molecule has 3 aromatic rings. The molecular formula is C25H23FN2O5. The van der Waals surface area contributed by atoms with E-state index in [9.17, 15) is 14.0 Å². The summed E-state index contributed by atoms with van der Waals surface area (Å²) in [5.41, 5.74) is 1.74. The van der Waals surface area contributed by atoms with E-state index >= 15 is 0 Å². The minimum absolute atomic E-state index is 0.00208. The summed E-state index contributed by atoms with van der Waals surface area (Å²) < 4.78 is 25.6. The van der Waals surface area contributed by atoms with Crippen LogP contribution in [0.25, 0.3) is 0 Å². The molecule has 0 aliphatic carbocycles. The van der Waals surface area contributed by atoms with Gasteiger partial charge in [-0.25, -0.2) is 4.39 Å². The number of benzene rings is 3. The maximum Gasteiger partial charge on any atom is 0.307 e. The van der Waals surface area contributed by atoms with Crippen LogP contribution in [-0.4, -0.2) is 43.3 Å². The molecule has 0 spiro atoms. The van der Waals surface area contributed by atoms with E-state index in [4.69, 9.17) is 14.6 Å². The number of nitrogens with one attached hydrogen (secondary N) is 1. The summed E-state index contributed by atoms with van der Waals surface area (Å²) in [6, 6.07) is 18.3. The number of para-hydroxylation sites is 2. The Labute approximate surface area is 190 Å². The van der Waals surface area contributed by atoms with Crippen molar-refractivity contribution in [2.45, 2.75) is 12.5 Å². The highest BCUT2D eigenvalue weighted by atomic mass is 19.1. The minimum Gasteiger partial charge on any atom is -0.490 e. The summed E-state index contributed by atoms with van der Waals surface area (Å²) in [7, 11) is 2.01. The average Bonchev–Trinajstić information content (AvgIpc) is 2.80. The number of hydrogen-bond acceptors (Lipinski definition) is 5. The van der Waals surface area contributed by atoms with Gasteiger partial charge in [-0.1, -0.05) is 12.1 Å². The van der Waals surface area contributed by atoms with Gasteiger partial charge in [-0.2, -0.15) is 0 Å².